The van der Waals surface area contributed by atoms with Crippen molar-refractivity contribution in [1.29, 1.82) is 0 Å². The zero-order valence-corrected chi connectivity index (χ0v) is 9.56. The number of aromatic nitrogens is 3. The molecule has 1 N–H and O–H groups in total. The number of nitrogens with one attached hydrogen (secondary N) is 1. The van der Waals surface area contributed by atoms with Crippen molar-refractivity contribution < 1.29 is 4.74 Å². The quantitative estimate of drug-likeness (QED) is 0.853. The summed E-state index contributed by atoms with van der Waals surface area (Å²) in [4.78, 5) is 8.07. The standard InChI is InChI=1S/C11H14N4O/c1-8-4-5-9(2)15(8)14-10-6-11(16-3)13-7-12-10/h4-7H,1-3H3,(H,12,13,14). The van der Waals surface area contributed by atoms with Crippen molar-refractivity contribution in [2.24, 2.45) is 0 Å². The molecule has 0 radical (unpaired) electrons. The first-order valence-corrected chi connectivity index (χ1v) is 4.98. The van der Waals surface area contributed by atoms with Gasteiger partial charge in [-0.25, -0.2) is 9.97 Å². The second-order valence-electron chi connectivity index (χ2n) is 3.51. The van der Waals surface area contributed by atoms with E-state index in [1.165, 1.54) is 6.33 Å². The van der Waals surface area contributed by atoms with Crippen molar-refractivity contribution in [2.75, 3.05) is 12.5 Å². The van der Waals surface area contributed by atoms with Crippen LogP contribution in [0.3, 0.4) is 0 Å². The molecule has 2 heterocycles. The topological polar surface area (TPSA) is 52.0 Å². The van der Waals surface area contributed by atoms with Crippen molar-refractivity contribution in [2.45, 2.75) is 13.8 Å². The molecule has 0 aromatic carbocycles. The van der Waals surface area contributed by atoms with Gasteiger partial charge in [0.1, 0.15) is 6.33 Å². The van der Waals surface area contributed by atoms with Crippen LogP contribution >= 0.6 is 0 Å². The third-order valence-electron chi connectivity index (χ3n) is 2.35. The molecule has 0 atom stereocenters. The van der Waals surface area contributed by atoms with E-state index in [1.54, 1.807) is 13.2 Å². The largest absolute Gasteiger partial charge is 0.481 e. The Kier molecular flexibility index (Phi) is 2.76. The molecule has 5 heteroatoms. The molecule has 0 amide bonds. The van der Waals surface area contributed by atoms with Gasteiger partial charge in [-0.15, -0.1) is 0 Å². The molecule has 0 saturated carbocycles. The number of aryl methyl sites for hydroxylation is 2. The maximum atomic E-state index is 5.03. The van der Waals surface area contributed by atoms with Crippen LogP contribution in [0, 0.1) is 13.8 Å². The van der Waals surface area contributed by atoms with Gasteiger partial charge in [0, 0.05) is 17.5 Å². The Morgan fingerprint density at radius 2 is 1.88 bits per heavy atom. The molecule has 0 saturated heterocycles. The predicted octanol–water partition coefficient (Wildman–Crippen LogP) is 1.78. The van der Waals surface area contributed by atoms with Crippen molar-refractivity contribution in [3.05, 3.63) is 35.9 Å². The third kappa shape index (κ3) is 1.98. The minimum absolute atomic E-state index is 0.542. The molecule has 0 unspecified atom stereocenters. The van der Waals surface area contributed by atoms with Crippen LogP contribution in [0.25, 0.3) is 0 Å². The predicted molar refractivity (Wildman–Crippen MR) is 61.5 cm³/mol. The van der Waals surface area contributed by atoms with Gasteiger partial charge in [-0.3, -0.25) is 10.1 Å². The smallest absolute Gasteiger partial charge is 0.218 e. The SMILES string of the molecule is COc1cc(Nn2c(C)ccc2C)ncn1. The summed E-state index contributed by atoms with van der Waals surface area (Å²) < 4.78 is 6.99. The van der Waals surface area contributed by atoms with Gasteiger partial charge in [0.15, 0.2) is 5.82 Å². The second kappa shape index (κ2) is 4.22. The molecule has 0 aliphatic rings. The summed E-state index contributed by atoms with van der Waals surface area (Å²) >= 11 is 0. The monoisotopic (exact) mass is 218 g/mol. The first kappa shape index (κ1) is 10.5. The maximum absolute atomic E-state index is 5.03. The Bertz CT molecular complexity index is 473. The number of anilines is 1. The second-order valence-corrected chi connectivity index (χ2v) is 3.51. The Morgan fingerprint density at radius 1 is 1.19 bits per heavy atom. The Hall–Kier alpha value is -2.04. The minimum atomic E-state index is 0.542. The number of hydrogen-bond donors (Lipinski definition) is 1. The lowest BCUT2D eigenvalue weighted by molar-refractivity contribution is 0.397. The van der Waals surface area contributed by atoms with Crippen LogP contribution in [-0.4, -0.2) is 21.8 Å². The van der Waals surface area contributed by atoms with Crippen LogP contribution in [0.4, 0.5) is 5.82 Å². The number of ether oxygens (including phenoxy) is 1. The summed E-state index contributed by atoms with van der Waals surface area (Å²) in [5.41, 5.74) is 5.42. The zero-order chi connectivity index (χ0) is 11.5. The third-order valence-corrected chi connectivity index (χ3v) is 2.35. The van der Waals surface area contributed by atoms with E-state index in [1.807, 2.05) is 30.7 Å². The van der Waals surface area contributed by atoms with Gasteiger partial charge in [0.2, 0.25) is 5.88 Å². The Morgan fingerprint density at radius 3 is 2.50 bits per heavy atom. The summed E-state index contributed by atoms with van der Waals surface area (Å²) in [6, 6.07) is 5.83. The lowest BCUT2D eigenvalue weighted by Gasteiger charge is -2.11. The highest BCUT2D eigenvalue weighted by atomic mass is 16.5. The van der Waals surface area contributed by atoms with Crippen molar-refractivity contribution in [3.8, 4) is 5.88 Å². The fourth-order valence-electron chi connectivity index (χ4n) is 1.47. The molecule has 0 aliphatic heterocycles. The van der Waals surface area contributed by atoms with Gasteiger partial charge in [-0.2, -0.15) is 0 Å². The van der Waals surface area contributed by atoms with Crippen molar-refractivity contribution in [1.82, 2.24) is 14.6 Å². The Labute approximate surface area is 94.1 Å². The number of rotatable bonds is 3. The van der Waals surface area contributed by atoms with Gasteiger partial charge in [0.25, 0.3) is 0 Å². The minimum Gasteiger partial charge on any atom is -0.481 e. The number of hydrogen-bond acceptors (Lipinski definition) is 4. The highest BCUT2D eigenvalue weighted by Gasteiger charge is 2.03. The van der Waals surface area contributed by atoms with E-state index in [0.29, 0.717) is 11.7 Å². The summed E-state index contributed by atoms with van der Waals surface area (Å²) in [7, 11) is 1.58. The summed E-state index contributed by atoms with van der Waals surface area (Å²) in [6.07, 6.45) is 1.47. The summed E-state index contributed by atoms with van der Waals surface area (Å²) in [5, 5.41) is 0. The van der Waals surface area contributed by atoms with E-state index < -0.39 is 0 Å². The van der Waals surface area contributed by atoms with Crippen LogP contribution in [-0.2, 0) is 0 Å². The average Bonchev–Trinajstić information content (AvgIpc) is 2.61. The van der Waals surface area contributed by atoms with Gasteiger partial charge in [0.05, 0.1) is 7.11 Å². The van der Waals surface area contributed by atoms with Gasteiger partial charge in [-0.1, -0.05) is 0 Å². The number of methoxy groups -OCH3 is 1. The molecule has 2 rings (SSSR count). The fourth-order valence-corrected chi connectivity index (χ4v) is 1.47. The highest BCUT2D eigenvalue weighted by molar-refractivity contribution is 5.38. The first-order chi connectivity index (χ1) is 7.70. The molecule has 0 aliphatic carbocycles. The van der Waals surface area contributed by atoms with E-state index >= 15 is 0 Å². The average molecular weight is 218 g/mol. The summed E-state index contributed by atoms with van der Waals surface area (Å²) in [5.74, 6) is 1.24. The van der Waals surface area contributed by atoms with Crippen LogP contribution < -0.4 is 10.2 Å². The molecule has 16 heavy (non-hydrogen) atoms. The lowest BCUT2D eigenvalue weighted by atomic mass is 10.5. The van der Waals surface area contributed by atoms with Crippen LogP contribution in [0.15, 0.2) is 24.5 Å². The molecular weight excluding hydrogens is 204 g/mol. The van der Waals surface area contributed by atoms with Crippen molar-refractivity contribution in [3.63, 3.8) is 0 Å². The first-order valence-electron chi connectivity index (χ1n) is 4.98. The molecule has 0 bridgehead atoms. The molecule has 0 spiro atoms. The van der Waals surface area contributed by atoms with E-state index in [2.05, 4.69) is 15.4 Å². The highest BCUT2D eigenvalue weighted by Crippen LogP contribution is 2.13. The molecular formula is C11H14N4O. The van der Waals surface area contributed by atoms with Gasteiger partial charge >= 0.3 is 0 Å². The van der Waals surface area contributed by atoms with Crippen LogP contribution in [0.2, 0.25) is 0 Å². The number of nitrogens with zero attached hydrogens (tertiary/aromatic N) is 3. The van der Waals surface area contributed by atoms with Crippen LogP contribution in [0.1, 0.15) is 11.4 Å². The molecule has 5 nitrogen and oxygen atoms in total. The summed E-state index contributed by atoms with van der Waals surface area (Å²) in [6.45, 7) is 4.05. The molecule has 84 valence electrons. The van der Waals surface area contributed by atoms with E-state index in [4.69, 9.17) is 4.74 Å². The van der Waals surface area contributed by atoms with Gasteiger partial charge in [-0.05, 0) is 26.0 Å². The molecule has 2 aromatic rings. The zero-order valence-electron chi connectivity index (χ0n) is 9.56. The molecule has 2 aromatic heterocycles. The van der Waals surface area contributed by atoms with Gasteiger partial charge < -0.3 is 4.74 Å². The maximum Gasteiger partial charge on any atom is 0.218 e. The van der Waals surface area contributed by atoms with Crippen molar-refractivity contribution >= 4 is 5.82 Å². The molecule has 0 fully saturated rings. The van der Waals surface area contributed by atoms with E-state index in [9.17, 15) is 0 Å². The Balaban J connectivity index is 2.27. The normalized spacial score (nSPS) is 10.2. The van der Waals surface area contributed by atoms with Crippen LogP contribution in [0.5, 0.6) is 5.88 Å². The lowest BCUT2D eigenvalue weighted by Crippen LogP contribution is -2.13. The van der Waals surface area contributed by atoms with E-state index in [0.717, 1.165) is 11.4 Å². The fraction of sp³-hybridized carbons (Fsp3) is 0.273. The van der Waals surface area contributed by atoms with E-state index in [-0.39, 0.29) is 0 Å².